The lowest BCUT2D eigenvalue weighted by atomic mass is 9.88. The molecule has 0 spiro atoms. The normalized spacial score (nSPS) is 20.3. The second kappa shape index (κ2) is 7.20. The largest absolute Gasteiger partial charge is 0.381 e. The summed E-state index contributed by atoms with van der Waals surface area (Å²) in [7, 11) is 0. The molecule has 4 rings (SSSR count). The molecule has 2 aliphatic heterocycles. The van der Waals surface area contributed by atoms with Gasteiger partial charge in [-0.1, -0.05) is 18.2 Å². The number of ether oxygens (including phenoxy) is 1. The van der Waals surface area contributed by atoms with Crippen molar-refractivity contribution < 1.29 is 9.53 Å². The average Bonchev–Trinajstić information content (AvgIpc) is 2.98. The van der Waals surface area contributed by atoms with E-state index in [-0.39, 0.29) is 5.92 Å². The molecule has 2 aromatic rings. The van der Waals surface area contributed by atoms with Gasteiger partial charge in [-0.05, 0) is 56.6 Å². The summed E-state index contributed by atoms with van der Waals surface area (Å²) in [4.78, 5) is 18.3. The number of rotatable bonds is 3. The van der Waals surface area contributed by atoms with E-state index in [4.69, 9.17) is 4.74 Å². The van der Waals surface area contributed by atoms with Crippen LogP contribution in [-0.2, 0) is 16.0 Å². The van der Waals surface area contributed by atoms with Gasteiger partial charge in [-0.2, -0.15) is 0 Å². The van der Waals surface area contributed by atoms with Gasteiger partial charge in [-0.3, -0.25) is 4.79 Å². The fourth-order valence-electron chi connectivity index (χ4n) is 4.45. The summed E-state index contributed by atoms with van der Waals surface area (Å²) in [6.45, 7) is 5.50. The first-order valence-electron chi connectivity index (χ1n) is 9.65. The molecule has 2 fully saturated rings. The molecule has 1 amide bonds. The molecule has 0 atom stereocenters. The van der Waals surface area contributed by atoms with Gasteiger partial charge in [0.15, 0.2) is 0 Å². The Morgan fingerprint density at radius 2 is 1.88 bits per heavy atom. The van der Waals surface area contributed by atoms with Crippen LogP contribution in [0.2, 0.25) is 0 Å². The van der Waals surface area contributed by atoms with Crippen molar-refractivity contribution >= 4 is 16.8 Å². The Bertz CT molecular complexity index is 737. The number of hydrogen-bond acceptors (Lipinski definition) is 2. The highest BCUT2D eigenvalue weighted by atomic mass is 16.5. The van der Waals surface area contributed by atoms with Crippen molar-refractivity contribution in [3.8, 4) is 0 Å². The fraction of sp³-hybridized carbons (Fsp3) is 0.571. The van der Waals surface area contributed by atoms with Crippen LogP contribution in [-0.4, -0.2) is 42.1 Å². The van der Waals surface area contributed by atoms with E-state index in [9.17, 15) is 4.79 Å². The van der Waals surface area contributed by atoms with Crippen molar-refractivity contribution in [3.05, 3.63) is 35.5 Å². The number of benzene rings is 1. The van der Waals surface area contributed by atoms with Gasteiger partial charge < -0.3 is 14.6 Å². The highest BCUT2D eigenvalue weighted by Crippen LogP contribution is 2.29. The molecular formula is C21H28N2O2. The Balaban J connectivity index is 1.37. The summed E-state index contributed by atoms with van der Waals surface area (Å²) < 4.78 is 5.39. The lowest BCUT2D eigenvalue weighted by Crippen LogP contribution is -2.43. The monoisotopic (exact) mass is 340 g/mol. The maximum absolute atomic E-state index is 12.7. The summed E-state index contributed by atoms with van der Waals surface area (Å²) in [5, 5.41) is 1.36. The SMILES string of the molecule is Cc1[nH]c2ccccc2c1CC1CCN(C(=O)C2CCOCC2)CC1. The number of fused-ring (bicyclic) bond motifs is 1. The van der Waals surface area contributed by atoms with E-state index in [0.29, 0.717) is 11.8 Å². The van der Waals surface area contributed by atoms with Crippen molar-refractivity contribution in [2.24, 2.45) is 11.8 Å². The number of carbonyl (C=O) groups is 1. The number of amides is 1. The number of para-hydroxylation sites is 1. The molecule has 4 nitrogen and oxygen atoms in total. The number of aromatic nitrogens is 1. The number of carbonyl (C=O) groups excluding carboxylic acids is 1. The molecule has 1 aromatic carbocycles. The van der Waals surface area contributed by atoms with Gasteiger partial charge in [0, 0.05) is 48.8 Å². The third-order valence-electron chi connectivity index (χ3n) is 6.02. The Morgan fingerprint density at radius 1 is 1.16 bits per heavy atom. The molecule has 134 valence electrons. The molecule has 0 aliphatic carbocycles. The van der Waals surface area contributed by atoms with Crippen LogP contribution >= 0.6 is 0 Å². The van der Waals surface area contributed by atoms with E-state index in [0.717, 1.165) is 58.4 Å². The summed E-state index contributed by atoms with van der Waals surface area (Å²) in [6, 6.07) is 8.58. The zero-order chi connectivity index (χ0) is 17.2. The van der Waals surface area contributed by atoms with Gasteiger partial charge in [0.25, 0.3) is 0 Å². The van der Waals surface area contributed by atoms with Gasteiger partial charge in [-0.15, -0.1) is 0 Å². The average molecular weight is 340 g/mol. The number of H-pyrrole nitrogens is 1. The molecule has 3 heterocycles. The number of nitrogens with zero attached hydrogens (tertiary/aromatic N) is 1. The fourth-order valence-corrected chi connectivity index (χ4v) is 4.45. The third-order valence-corrected chi connectivity index (χ3v) is 6.02. The highest BCUT2D eigenvalue weighted by Gasteiger charge is 2.29. The number of aromatic amines is 1. The van der Waals surface area contributed by atoms with E-state index >= 15 is 0 Å². The van der Waals surface area contributed by atoms with Crippen molar-refractivity contribution in [1.29, 1.82) is 0 Å². The van der Waals surface area contributed by atoms with Crippen LogP contribution in [0.5, 0.6) is 0 Å². The van der Waals surface area contributed by atoms with Crippen molar-refractivity contribution in [2.45, 2.75) is 39.0 Å². The van der Waals surface area contributed by atoms with Gasteiger partial charge in [-0.25, -0.2) is 0 Å². The van der Waals surface area contributed by atoms with E-state index in [1.54, 1.807) is 0 Å². The molecule has 0 radical (unpaired) electrons. The lowest BCUT2D eigenvalue weighted by Gasteiger charge is -2.35. The molecular weight excluding hydrogens is 312 g/mol. The Kier molecular flexibility index (Phi) is 4.80. The maximum Gasteiger partial charge on any atom is 0.225 e. The van der Waals surface area contributed by atoms with Crippen molar-refractivity contribution in [2.75, 3.05) is 26.3 Å². The second-order valence-corrected chi connectivity index (χ2v) is 7.63. The minimum Gasteiger partial charge on any atom is -0.381 e. The van der Waals surface area contributed by atoms with Gasteiger partial charge in [0.2, 0.25) is 5.91 Å². The molecule has 0 unspecified atom stereocenters. The van der Waals surface area contributed by atoms with Crippen LogP contribution in [0.1, 0.15) is 36.9 Å². The van der Waals surface area contributed by atoms with Crippen LogP contribution in [0.3, 0.4) is 0 Å². The maximum atomic E-state index is 12.7. The molecule has 2 saturated heterocycles. The second-order valence-electron chi connectivity index (χ2n) is 7.63. The number of likely N-dealkylation sites (tertiary alicyclic amines) is 1. The Labute approximate surface area is 149 Å². The van der Waals surface area contributed by atoms with Crippen molar-refractivity contribution in [3.63, 3.8) is 0 Å². The zero-order valence-corrected chi connectivity index (χ0v) is 15.1. The third kappa shape index (κ3) is 3.45. The summed E-state index contributed by atoms with van der Waals surface area (Å²) >= 11 is 0. The Morgan fingerprint density at radius 3 is 2.64 bits per heavy atom. The van der Waals surface area contributed by atoms with E-state index in [1.807, 2.05) is 0 Å². The first kappa shape index (κ1) is 16.6. The predicted octanol–water partition coefficient (Wildman–Crippen LogP) is 3.68. The molecule has 1 aromatic heterocycles. The van der Waals surface area contributed by atoms with Crippen LogP contribution < -0.4 is 0 Å². The molecule has 0 bridgehead atoms. The number of piperidine rings is 1. The summed E-state index contributed by atoms with van der Waals surface area (Å²) in [6.07, 6.45) is 5.15. The minimum absolute atomic E-state index is 0.196. The lowest BCUT2D eigenvalue weighted by molar-refractivity contribution is -0.139. The molecule has 1 N–H and O–H groups in total. The minimum atomic E-state index is 0.196. The van der Waals surface area contributed by atoms with E-state index < -0.39 is 0 Å². The topological polar surface area (TPSA) is 45.3 Å². The summed E-state index contributed by atoms with van der Waals surface area (Å²) in [5.41, 5.74) is 3.99. The summed E-state index contributed by atoms with van der Waals surface area (Å²) in [5.74, 6) is 1.24. The number of nitrogens with one attached hydrogen (secondary N) is 1. The first-order valence-corrected chi connectivity index (χ1v) is 9.65. The van der Waals surface area contributed by atoms with E-state index in [2.05, 4.69) is 41.1 Å². The van der Waals surface area contributed by atoms with Crippen molar-refractivity contribution in [1.82, 2.24) is 9.88 Å². The van der Waals surface area contributed by atoms with Crippen LogP contribution in [0.4, 0.5) is 0 Å². The van der Waals surface area contributed by atoms with E-state index in [1.165, 1.54) is 22.2 Å². The first-order chi connectivity index (χ1) is 12.2. The highest BCUT2D eigenvalue weighted by molar-refractivity contribution is 5.84. The van der Waals surface area contributed by atoms with Gasteiger partial charge in [0.1, 0.15) is 0 Å². The van der Waals surface area contributed by atoms with Gasteiger partial charge >= 0.3 is 0 Å². The smallest absolute Gasteiger partial charge is 0.225 e. The standard InChI is InChI=1S/C21H28N2O2/c1-15-19(18-4-2-3-5-20(18)22-15)14-16-6-10-23(11-7-16)21(24)17-8-12-25-13-9-17/h2-5,16-17,22H,6-14H2,1H3. The quantitative estimate of drug-likeness (QED) is 0.926. The number of hydrogen-bond donors (Lipinski definition) is 1. The number of aryl methyl sites for hydroxylation is 1. The zero-order valence-electron chi connectivity index (χ0n) is 15.1. The van der Waals surface area contributed by atoms with Crippen LogP contribution in [0.15, 0.2) is 24.3 Å². The predicted molar refractivity (Wildman–Crippen MR) is 99.6 cm³/mol. The van der Waals surface area contributed by atoms with Gasteiger partial charge in [0.05, 0.1) is 0 Å². The molecule has 0 saturated carbocycles. The molecule has 2 aliphatic rings. The molecule has 4 heteroatoms. The van der Waals surface area contributed by atoms with Crippen LogP contribution in [0, 0.1) is 18.8 Å². The Hall–Kier alpha value is -1.81. The molecule has 25 heavy (non-hydrogen) atoms. The van der Waals surface area contributed by atoms with Crippen LogP contribution in [0.25, 0.3) is 10.9 Å².